The molecular formula is C17H13BrN2O4. The van der Waals surface area contributed by atoms with Crippen molar-refractivity contribution in [1.29, 1.82) is 5.26 Å². The predicted molar refractivity (Wildman–Crippen MR) is 90.8 cm³/mol. The minimum absolute atomic E-state index is 0.215. The Bertz CT molecular complexity index is 814. The molecule has 0 spiro atoms. The lowest BCUT2D eigenvalue weighted by Crippen LogP contribution is -2.20. The van der Waals surface area contributed by atoms with E-state index in [9.17, 15) is 9.59 Å². The second-order valence-corrected chi connectivity index (χ2v) is 5.52. The zero-order valence-electron chi connectivity index (χ0n) is 12.7. The Kier molecular flexibility index (Phi) is 5.93. The molecule has 122 valence electrons. The van der Waals surface area contributed by atoms with Gasteiger partial charge < -0.3 is 14.8 Å². The van der Waals surface area contributed by atoms with Crippen molar-refractivity contribution in [2.24, 2.45) is 0 Å². The van der Waals surface area contributed by atoms with Gasteiger partial charge in [-0.2, -0.15) is 5.26 Å². The lowest BCUT2D eigenvalue weighted by atomic mass is 10.2. The monoisotopic (exact) mass is 388 g/mol. The van der Waals surface area contributed by atoms with Crippen molar-refractivity contribution >= 4 is 33.5 Å². The van der Waals surface area contributed by atoms with Gasteiger partial charge in [0.2, 0.25) is 0 Å². The van der Waals surface area contributed by atoms with E-state index in [0.29, 0.717) is 27.0 Å². The van der Waals surface area contributed by atoms with E-state index >= 15 is 0 Å². The van der Waals surface area contributed by atoms with Gasteiger partial charge in [0.25, 0.3) is 5.91 Å². The Morgan fingerprint density at radius 2 is 2.04 bits per heavy atom. The molecule has 0 aliphatic heterocycles. The van der Waals surface area contributed by atoms with Crippen LogP contribution in [0.25, 0.3) is 0 Å². The van der Waals surface area contributed by atoms with E-state index in [1.165, 1.54) is 7.11 Å². The molecule has 24 heavy (non-hydrogen) atoms. The molecule has 6 nitrogen and oxygen atoms in total. The van der Waals surface area contributed by atoms with Gasteiger partial charge in [-0.05, 0) is 52.3 Å². The van der Waals surface area contributed by atoms with Gasteiger partial charge in [0.15, 0.2) is 6.61 Å². The van der Waals surface area contributed by atoms with Crippen LogP contribution in [-0.4, -0.2) is 25.6 Å². The summed E-state index contributed by atoms with van der Waals surface area (Å²) in [5, 5.41) is 11.5. The summed E-state index contributed by atoms with van der Waals surface area (Å²) in [7, 11) is 1.30. The van der Waals surface area contributed by atoms with Gasteiger partial charge in [-0.1, -0.05) is 6.07 Å². The maximum Gasteiger partial charge on any atom is 0.337 e. The zero-order chi connectivity index (χ0) is 17.5. The number of benzene rings is 2. The second-order valence-electron chi connectivity index (χ2n) is 4.67. The minimum Gasteiger partial charge on any atom is -0.483 e. The normalized spacial score (nSPS) is 9.71. The van der Waals surface area contributed by atoms with Gasteiger partial charge >= 0.3 is 5.97 Å². The maximum absolute atomic E-state index is 11.9. The molecule has 0 radical (unpaired) electrons. The van der Waals surface area contributed by atoms with E-state index < -0.39 is 5.97 Å². The van der Waals surface area contributed by atoms with Crippen LogP contribution in [0.5, 0.6) is 5.75 Å². The molecule has 0 fully saturated rings. The number of nitrogens with one attached hydrogen (secondary N) is 1. The van der Waals surface area contributed by atoms with Crippen LogP contribution < -0.4 is 10.1 Å². The summed E-state index contributed by atoms with van der Waals surface area (Å²) in [6.07, 6.45) is 0. The van der Waals surface area contributed by atoms with Crippen molar-refractivity contribution in [2.75, 3.05) is 19.0 Å². The summed E-state index contributed by atoms with van der Waals surface area (Å²) in [5.41, 5.74) is 1.34. The van der Waals surface area contributed by atoms with E-state index in [-0.39, 0.29) is 12.5 Å². The highest BCUT2D eigenvalue weighted by atomic mass is 79.9. The number of carbonyl (C=O) groups excluding carboxylic acids is 2. The smallest absolute Gasteiger partial charge is 0.337 e. The van der Waals surface area contributed by atoms with E-state index in [1.807, 2.05) is 6.07 Å². The van der Waals surface area contributed by atoms with Crippen molar-refractivity contribution in [3.05, 3.63) is 58.1 Å². The third-order valence-electron chi connectivity index (χ3n) is 2.99. The number of rotatable bonds is 5. The molecule has 2 rings (SSSR count). The van der Waals surface area contributed by atoms with Gasteiger partial charge in [-0.15, -0.1) is 0 Å². The standard InChI is InChI=1S/C17H13BrN2O4/c1-23-17(22)12-5-6-15(14(18)8-12)24-10-16(21)20-13-4-2-3-11(7-13)9-19/h2-8H,10H2,1H3,(H,20,21). The van der Waals surface area contributed by atoms with E-state index in [1.54, 1.807) is 42.5 Å². The van der Waals surface area contributed by atoms with E-state index in [4.69, 9.17) is 10.00 Å². The summed E-state index contributed by atoms with van der Waals surface area (Å²) in [6, 6.07) is 13.2. The molecule has 0 heterocycles. The van der Waals surface area contributed by atoms with Crippen LogP contribution in [0.1, 0.15) is 15.9 Å². The summed E-state index contributed by atoms with van der Waals surface area (Å²) in [4.78, 5) is 23.3. The number of halogens is 1. The topological polar surface area (TPSA) is 88.4 Å². The van der Waals surface area contributed by atoms with Crippen LogP contribution in [0.4, 0.5) is 5.69 Å². The fourth-order valence-electron chi connectivity index (χ4n) is 1.87. The number of carbonyl (C=O) groups is 2. The summed E-state index contributed by atoms with van der Waals surface area (Å²) in [6.45, 7) is -0.215. The first-order valence-corrected chi connectivity index (χ1v) is 7.63. The maximum atomic E-state index is 11.9. The number of ether oxygens (including phenoxy) is 2. The number of nitrogens with zero attached hydrogens (tertiary/aromatic N) is 1. The number of nitriles is 1. The Balaban J connectivity index is 1.96. The molecule has 0 aliphatic carbocycles. The van der Waals surface area contributed by atoms with Crippen molar-refractivity contribution in [3.63, 3.8) is 0 Å². The van der Waals surface area contributed by atoms with Crippen LogP contribution in [0, 0.1) is 11.3 Å². The number of amides is 1. The average Bonchev–Trinajstić information content (AvgIpc) is 2.60. The third-order valence-corrected chi connectivity index (χ3v) is 3.61. The van der Waals surface area contributed by atoms with Gasteiger partial charge in [-0.25, -0.2) is 4.79 Å². The molecule has 2 aromatic rings. The fourth-order valence-corrected chi connectivity index (χ4v) is 2.36. The van der Waals surface area contributed by atoms with Gasteiger partial charge in [0.05, 0.1) is 28.8 Å². The molecular weight excluding hydrogens is 376 g/mol. The SMILES string of the molecule is COC(=O)c1ccc(OCC(=O)Nc2cccc(C#N)c2)c(Br)c1. The molecule has 0 saturated carbocycles. The predicted octanol–water partition coefficient (Wildman–Crippen LogP) is 3.12. The molecule has 2 aromatic carbocycles. The first kappa shape index (κ1) is 17.5. The van der Waals surface area contributed by atoms with Gasteiger partial charge in [0.1, 0.15) is 5.75 Å². The Morgan fingerprint density at radius 3 is 2.71 bits per heavy atom. The van der Waals surface area contributed by atoms with E-state index in [0.717, 1.165) is 0 Å². The first-order chi connectivity index (χ1) is 11.5. The van der Waals surface area contributed by atoms with Crippen LogP contribution in [0.15, 0.2) is 46.9 Å². The Labute approximate surface area is 147 Å². The minimum atomic E-state index is -0.461. The Hall–Kier alpha value is -2.85. The molecule has 0 atom stereocenters. The summed E-state index contributed by atoms with van der Waals surface area (Å²) in [5.74, 6) is -0.407. The van der Waals surface area contributed by atoms with Crippen LogP contribution in [-0.2, 0) is 9.53 Å². The highest BCUT2D eigenvalue weighted by Crippen LogP contribution is 2.26. The largest absolute Gasteiger partial charge is 0.483 e. The lowest BCUT2D eigenvalue weighted by Gasteiger charge is -2.10. The highest BCUT2D eigenvalue weighted by Gasteiger charge is 2.11. The summed E-state index contributed by atoms with van der Waals surface area (Å²) < 4.78 is 10.6. The number of anilines is 1. The van der Waals surface area contributed by atoms with Crippen molar-refractivity contribution in [3.8, 4) is 11.8 Å². The highest BCUT2D eigenvalue weighted by molar-refractivity contribution is 9.10. The molecule has 0 unspecified atom stereocenters. The molecule has 7 heteroatoms. The number of esters is 1. The quantitative estimate of drug-likeness (QED) is 0.794. The average molecular weight is 389 g/mol. The van der Waals surface area contributed by atoms with Gasteiger partial charge in [-0.3, -0.25) is 4.79 Å². The fraction of sp³-hybridized carbons (Fsp3) is 0.118. The molecule has 0 bridgehead atoms. The first-order valence-electron chi connectivity index (χ1n) is 6.84. The number of hydrogen-bond acceptors (Lipinski definition) is 5. The van der Waals surface area contributed by atoms with Crippen molar-refractivity contribution in [1.82, 2.24) is 0 Å². The molecule has 0 aliphatic rings. The molecule has 1 N–H and O–H groups in total. The van der Waals surface area contributed by atoms with Crippen LogP contribution >= 0.6 is 15.9 Å². The molecule has 1 amide bonds. The lowest BCUT2D eigenvalue weighted by molar-refractivity contribution is -0.118. The molecule has 0 saturated heterocycles. The van der Waals surface area contributed by atoms with Crippen LogP contribution in [0.2, 0.25) is 0 Å². The number of hydrogen-bond donors (Lipinski definition) is 1. The van der Waals surface area contributed by atoms with Crippen LogP contribution in [0.3, 0.4) is 0 Å². The van der Waals surface area contributed by atoms with Crippen molar-refractivity contribution < 1.29 is 19.1 Å². The third kappa shape index (κ3) is 4.57. The Morgan fingerprint density at radius 1 is 1.25 bits per heavy atom. The summed E-state index contributed by atoms with van der Waals surface area (Å²) >= 11 is 3.28. The van der Waals surface area contributed by atoms with Gasteiger partial charge in [0, 0.05) is 5.69 Å². The second kappa shape index (κ2) is 8.13. The number of methoxy groups -OCH3 is 1. The van der Waals surface area contributed by atoms with Crippen molar-refractivity contribution in [2.45, 2.75) is 0 Å². The molecule has 0 aromatic heterocycles. The van der Waals surface area contributed by atoms with E-state index in [2.05, 4.69) is 26.0 Å². The zero-order valence-corrected chi connectivity index (χ0v) is 14.3.